The predicted molar refractivity (Wildman–Crippen MR) is 105 cm³/mol. The summed E-state index contributed by atoms with van der Waals surface area (Å²) in [5.41, 5.74) is 0.800. The van der Waals surface area contributed by atoms with Crippen LogP contribution < -0.4 is 5.32 Å². The molecule has 0 aromatic heterocycles. The normalized spacial score (nSPS) is 14.9. The van der Waals surface area contributed by atoms with Crippen LogP contribution in [-0.4, -0.2) is 65.2 Å². The highest BCUT2D eigenvalue weighted by molar-refractivity contribution is 8.13. The van der Waals surface area contributed by atoms with Gasteiger partial charge in [-0.25, -0.2) is 0 Å². The maximum absolute atomic E-state index is 12.2. The molecule has 1 fully saturated rings. The van der Waals surface area contributed by atoms with E-state index in [0.717, 1.165) is 24.3 Å². The van der Waals surface area contributed by atoms with Crippen molar-refractivity contribution < 1.29 is 14.4 Å². The number of nitrogens with zero attached hydrogens (tertiary/aromatic N) is 2. The summed E-state index contributed by atoms with van der Waals surface area (Å²) in [4.78, 5) is 39.1. The predicted octanol–water partition coefficient (Wildman–Crippen LogP) is 2.22. The molecule has 0 spiro atoms. The van der Waals surface area contributed by atoms with Crippen LogP contribution in [0, 0.1) is 0 Å². The Morgan fingerprint density at radius 1 is 1.04 bits per heavy atom. The first-order valence-corrected chi connectivity index (χ1v) is 10.0. The molecule has 0 radical (unpaired) electrons. The number of rotatable bonds is 8. The molecule has 6 nitrogen and oxygen atoms in total. The topological polar surface area (TPSA) is 69.7 Å². The van der Waals surface area contributed by atoms with Gasteiger partial charge in [0.2, 0.25) is 11.8 Å². The quantitative estimate of drug-likeness (QED) is 0.704. The lowest BCUT2D eigenvalue weighted by Crippen LogP contribution is -2.50. The molecule has 1 aromatic rings. The van der Waals surface area contributed by atoms with Crippen molar-refractivity contribution in [2.75, 3.05) is 43.8 Å². The minimum absolute atomic E-state index is 0.0288. The second-order valence-electron chi connectivity index (χ2n) is 6.37. The summed E-state index contributed by atoms with van der Waals surface area (Å²) in [7, 11) is 0. The van der Waals surface area contributed by atoms with Gasteiger partial charge in [-0.1, -0.05) is 30.0 Å². The standard InChI is InChI=1S/C19H27N3O3S/c1-16(23)26-14-6-5-9-19(25)22-12-10-21(11-13-22)15-18(24)20-17-7-3-2-4-8-17/h2-4,7-8H,5-6,9-15H2,1H3,(H,20,24). The molecule has 7 heteroatoms. The summed E-state index contributed by atoms with van der Waals surface area (Å²) in [6.45, 7) is 4.68. The fraction of sp³-hybridized carbons (Fsp3) is 0.526. The molecule has 1 aliphatic heterocycles. The van der Waals surface area contributed by atoms with Crippen molar-refractivity contribution in [2.24, 2.45) is 0 Å². The third kappa shape index (κ3) is 7.58. The Morgan fingerprint density at radius 2 is 1.73 bits per heavy atom. The monoisotopic (exact) mass is 377 g/mol. The molecule has 0 saturated carbocycles. The second kappa shape index (κ2) is 11.0. The van der Waals surface area contributed by atoms with Gasteiger partial charge in [-0.05, 0) is 25.0 Å². The molecule has 142 valence electrons. The lowest BCUT2D eigenvalue weighted by atomic mass is 10.2. The van der Waals surface area contributed by atoms with E-state index < -0.39 is 0 Å². The molecule has 0 atom stereocenters. The zero-order valence-electron chi connectivity index (χ0n) is 15.3. The number of hydrogen-bond acceptors (Lipinski definition) is 5. The van der Waals surface area contributed by atoms with Crippen molar-refractivity contribution in [2.45, 2.75) is 26.2 Å². The molecular weight excluding hydrogens is 350 g/mol. The van der Waals surface area contributed by atoms with Crippen LogP contribution in [-0.2, 0) is 14.4 Å². The van der Waals surface area contributed by atoms with Crippen LogP contribution in [0.25, 0.3) is 0 Å². The number of carbonyl (C=O) groups excluding carboxylic acids is 3. The Labute approximate surface area is 159 Å². The van der Waals surface area contributed by atoms with Gasteiger partial charge in [0.05, 0.1) is 6.54 Å². The van der Waals surface area contributed by atoms with E-state index in [1.165, 1.54) is 11.8 Å². The minimum atomic E-state index is -0.0288. The fourth-order valence-corrected chi connectivity index (χ4v) is 3.47. The number of unbranched alkanes of at least 4 members (excludes halogenated alkanes) is 1. The van der Waals surface area contributed by atoms with Crippen LogP contribution in [0.1, 0.15) is 26.2 Å². The first-order valence-electron chi connectivity index (χ1n) is 9.03. The molecule has 2 rings (SSSR count). The molecule has 2 amide bonds. The molecule has 0 bridgehead atoms. The Morgan fingerprint density at radius 3 is 2.38 bits per heavy atom. The maximum atomic E-state index is 12.2. The third-order valence-electron chi connectivity index (χ3n) is 4.24. The molecule has 0 unspecified atom stereocenters. The van der Waals surface area contributed by atoms with Gasteiger partial charge in [0.15, 0.2) is 5.12 Å². The van der Waals surface area contributed by atoms with Crippen molar-refractivity contribution in [3.8, 4) is 0 Å². The fourth-order valence-electron chi connectivity index (χ4n) is 2.83. The van der Waals surface area contributed by atoms with Gasteiger partial charge in [-0.15, -0.1) is 0 Å². The van der Waals surface area contributed by atoms with Crippen molar-refractivity contribution >= 4 is 34.4 Å². The molecule has 1 heterocycles. The molecule has 0 aliphatic carbocycles. The van der Waals surface area contributed by atoms with E-state index >= 15 is 0 Å². The number of piperazine rings is 1. The molecule has 1 aliphatic rings. The summed E-state index contributed by atoms with van der Waals surface area (Å²) in [6, 6.07) is 9.42. The lowest BCUT2D eigenvalue weighted by molar-refractivity contribution is -0.133. The molecule has 26 heavy (non-hydrogen) atoms. The highest BCUT2D eigenvalue weighted by Gasteiger charge is 2.22. The van der Waals surface area contributed by atoms with Crippen LogP contribution in [0.15, 0.2) is 30.3 Å². The van der Waals surface area contributed by atoms with Crippen molar-refractivity contribution in [1.82, 2.24) is 9.80 Å². The minimum Gasteiger partial charge on any atom is -0.340 e. The highest BCUT2D eigenvalue weighted by atomic mass is 32.2. The number of amides is 2. The van der Waals surface area contributed by atoms with Crippen LogP contribution in [0.2, 0.25) is 0 Å². The van der Waals surface area contributed by atoms with E-state index in [0.29, 0.717) is 39.1 Å². The average molecular weight is 378 g/mol. The van der Waals surface area contributed by atoms with Crippen LogP contribution >= 0.6 is 11.8 Å². The molecular formula is C19H27N3O3S. The van der Waals surface area contributed by atoms with Crippen molar-refractivity contribution in [3.05, 3.63) is 30.3 Å². The first kappa shape index (κ1) is 20.5. The van der Waals surface area contributed by atoms with Gasteiger partial charge < -0.3 is 10.2 Å². The molecule has 1 aromatic carbocycles. The number of hydrogen-bond donors (Lipinski definition) is 1. The summed E-state index contributed by atoms with van der Waals surface area (Å²) in [6.07, 6.45) is 2.24. The van der Waals surface area contributed by atoms with Crippen LogP contribution in [0.5, 0.6) is 0 Å². The van der Waals surface area contributed by atoms with Crippen molar-refractivity contribution in [3.63, 3.8) is 0 Å². The SMILES string of the molecule is CC(=O)SCCCCC(=O)N1CCN(CC(=O)Nc2ccccc2)CC1. The van der Waals surface area contributed by atoms with E-state index in [-0.39, 0.29) is 16.9 Å². The van der Waals surface area contributed by atoms with Gasteiger partial charge in [0.1, 0.15) is 0 Å². The van der Waals surface area contributed by atoms with E-state index in [4.69, 9.17) is 0 Å². The van der Waals surface area contributed by atoms with Gasteiger partial charge in [0.25, 0.3) is 0 Å². The summed E-state index contributed by atoms with van der Waals surface area (Å²) < 4.78 is 0. The largest absolute Gasteiger partial charge is 0.340 e. The Balaban J connectivity index is 1.61. The van der Waals surface area contributed by atoms with Crippen LogP contribution in [0.3, 0.4) is 0 Å². The zero-order valence-corrected chi connectivity index (χ0v) is 16.1. The average Bonchev–Trinajstić information content (AvgIpc) is 2.62. The second-order valence-corrected chi connectivity index (χ2v) is 7.64. The highest BCUT2D eigenvalue weighted by Crippen LogP contribution is 2.10. The summed E-state index contributed by atoms with van der Waals surface area (Å²) >= 11 is 1.32. The van der Waals surface area contributed by atoms with E-state index in [1.54, 1.807) is 6.92 Å². The Kier molecular flexibility index (Phi) is 8.64. The van der Waals surface area contributed by atoms with Crippen LogP contribution in [0.4, 0.5) is 5.69 Å². The van der Waals surface area contributed by atoms with Gasteiger partial charge >= 0.3 is 0 Å². The zero-order chi connectivity index (χ0) is 18.8. The van der Waals surface area contributed by atoms with E-state index in [2.05, 4.69) is 10.2 Å². The number of carbonyl (C=O) groups is 3. The summed E-state index contributed by atoms with van der Waals surface area (Å²) in [5.74, 6) is 0.928. The lowest BCUT2D eigenvalue weighted by Gasteiger charge is -2.34. The Bertz CT molecular complexity index is 601. The Hall–Kier alpha value is -1.86. The third-order valence-corrected chi connectivity index (χ3v) is 5.14. The number of thioether (sulfide) groups is 1. The number of para-hydroxylation sites is 1. The smallest absolute Gasteiger partial charge is 0.238 e. The molecule has 1 saturated heterocycles. The van der Waals surface area contributed by atoms with Gasteiger partial charge in [0, 0.05) is 51.0 Å². The summed E-state index contributed by atoms with van der Waals surface area (Å²) in [5, 5.41) is 3.01. The molecule has 1 N–H and O–H groups in total. The number of benzene rings is 1. The maximum Gasteiger partial charge on any atom is 0.238 e. The van der Waals surface area contributed by atoms with E-state index in [9.17, 15) is 14.4 Å². The number of nitrogens with one attached hydrogen (secondary N) is 1. The van der Waals surface area contributed by atoms with Crippen molar-refractivity contribution in [1.29, 1.82) is 0 Å². The number of anilines is 1. The van der Waals surface area contributed by atoms with Gasteiger partial charge in [-0.2, -0.15) is 0 Å². The van der Waals surface area contributed by atoms with E-state index in [1.807, 2.05) is 35.2 Å². The first-order chi connectivity index (χ1) is 12.5. The van der Waals surface area contributed by atoms with Gasteiger partial charge in [-0.3, -0.25) is 19.3 Å².